The first-order valence-corrected chi connectivity index (χ1v) is 13.3. The highest BCUT2D eigenvalue weighted by Gasteiger charge is 2.55. The fraction of sp³-hybridized carbons (Fsp3) is 1.00. The van der Waals surface area contributed by atoms with Crippen LogP contribution in [0.4, 0.5) is 0 Å². The van der Waals surface area contributed by atoms with Gasteiger partial charge in [-0.1, -0.05) is 0 Å². The lowest BCUT2D eigenvalue weighted by molar-refractivity contribution is -0.109. The fourth-order valence-corrected chi connectivity index (χ4v) is 8.69. The molecule has 0 aromatic rings. The SMILES string of the molecule is NC(O)C(O)C[C@H]1CCC2SC3NCNC(OC4CCC(N5CCOCC5)CC4)C3C21. The summed E-state index contributed by atoms with van der Waals surface area (Å²) in [4.78, 5) is 2.61. The number of hydrogen-bond donors (Lipinski definition) is 5. The van der Waals surface area contributed by atoms with Crippen LogP contribution in [0, 0.1) is 17.8 Å². The molecule has 7 unspecified atom stereocenters. The molecule has 9 heteroatoms. The van der Waals surface area contributed by atoms with Gasteiger partial charge in [0.1, 0.15) is 12.5 Å². The maximum atomic E-state index is 10.2. The predicted molar refractivity (Wildman–Crippen MR) is 120 cm³/mol. The molecule has 5 fully saturated rings. The molecule has 8 atom stereocenters. The van der Waals surface area contributed by atoms with Gasteiger partial charge in [0, 0.05) is 37.0 Å². The third kappa shape index (κ3) is 4.95. The number of morpholine rings is 1. The number of ether oxygens (including phenoxy) is 2. The van der Waals surface area contributed by atoms with E-state index in [4.69, 9.17) is 15.2 Å². The van der Waals surface area contributed by atoms with Crippen molar-refractivity contribution < 1.29 is 19.7 Å². The molecular formula is C22H40N4O4S. The van der Waals surface area contributed by atoms with Crippen LogP contribution in [0.5, 0.6) is 0 Å². The number of thioether (sulfide) groups is 1. The molecule has 5 rings (SSSR count). The van der Waals surface area contributed by atoms with Crippen molar-refractivity contribution in [1.29, 1.82) is 0 Å². The molecule has 6 N–H and O–H groups in total. The zero-order valence-electron chi connectivity index (χ0n) is 18.4. The molecule has 2 aliphatic carbocycles. The van der Waals surface area contributed by atoms with E-state index in [0.717, 1.165) is 52.2 Å². The number of rotatable bonds is 6. The zero-order chi connectivity index (χ0) is 21.4. The third-order valence-corrected chi connectivity index (χ3v) is 10.0. The average Bonchev–Trinajstić information content (AvgIpc) is 3.35. The maximum absolute atomic E-state index is 10.2. The van der Waals surface area contributed by atoms with Gasteiger partial charge in [-0.2, -0.15) is 0 Å². The first-order valence-electron chi connectivity index (χ1n) is 12.3. The Hall–Kier alpha value is 0.0300. The summed E-state index contributed by atoms with van der Waals surface area (Å²) < 4.78 is 12.3. The summed E-state index contributed by atoms with van der Waals surface area (Å²) in [6, 6.07) is 0.687. The lowest BCUT2D eigenvalue weighted by Gasteiger charge is -2.43. The molecule has 3 heterocycles. The molecule has 8 nitrogen and oxygen atoms in total. The Morgan fingerprint density at radius 1 is 1.03 bits per heavy atom. The van der Waals surface area contributed by atoms with E-state index in [-0.39, 0.29) is 6.23 Å². The summed E-state index contributed by atoms with van der Waals surface area (Å²) in [7, 11) is 0. The van der Waals surface area contributed by atoms with E-state index in [1.807, 2.05) is 0 Å². The first-order chi connectivity index (χ1) is 15.1. The molecule has 31 heavy (non-hydrogen) atoms. The molecule has 0 aromatic heterocycles. The van der Waals surface area contributed by atoms with Crippen molar-refractivity contribution in [3.8, 4) is 0 Å². The monoisotopic (exact) mass is 456 g/mol. The second-order valence-corrected chi connectivity index (χ2v) is 11.5. The normalized spacial score (nSPS) is 45.8. The van der Waals surface area contributed by atoms with Crippen LogP contribution in [0.3, 0.4) is 0 Å². The van der Waals surface area contributed by atoms with Gasteiger partial charge >= 0.3 is 0 Å². The standard InChI is InChI=1S/C22H40N4O4S/c23-20(28)16(27)11-13-1-6-17-18(13)19-21(24-12-25-22(19)31-17)30-15-4-2-14(3-5-15)26-7-9-29-10-8-26/h13-22,24-25,27-28H,1-12,23H2/t13-,14?,15?,16?,17?,18?,19?,20?,21?,22?/m1/s1. The van der Waals surface area contributed by atoms with Crippen LogP contribution in [0.15, 0.2) is 0 Å². The Morgan fingerprint density at radius 3 is 2.55 bits per heavy atom. The van der Waals surface area contributed by atoms with Gasteiger partial charge in [-0.3, -0.25) is 15.5 Å². The van der Waals surface area contributed by atoms with E-state index >= 15 is 0 Å². The Morgan fingerprint density at radius 2 is 1.81 bits per heavy atom. The van der Waals surface area contributed by atoms with Gasteiger partial charge < -0.3 is 25.4 Å². The zero-order valence-corrected chi connectivity index (χ0v) is 19.2. The quantitative estimate of drug-likeness (QED) is 0.359. The van der Waals surface area contributed by atoms with Crippen LogP contribution in [0.25, 0.3) is 0 Å². The second-order valence-electron chi connectivity index (χ2n) is 10.1. The molecule has 3 aliphatic heterocycles. The predicted octanol–water partition coefficient (Wildman–Crippen LogP) is 0.235. The van der Waals surface area contributed by atoms with E-state index < -0.39 is 12.3 Å². The molecule has 2 saturated carbocycles. The van der Waals surface area contributed by atoms with Crippen molar-refractivity contribution in [3.63, 3.8) is 0 Å². The molecule has 178 valence electrons. The van der Waals surface area contributed by atoms with Crippen molar-refractivity contribution in [1.82, 2.24) is 15.5 Å². The first kappa shape index (κ1) is 22.8. The minimum Gasteiger partial charge on any atom is -0.389 e. The van der Waals surface area contributed by atoms with Crippen molar-refractivity contribution >= 4 is 11.8 Å². The van der Waals surface area contributed by atoms with E-state index in [1.54, 1.807) is 0 Å². The van der Waals surface area contributed by atoms with Gasteiger partial charge in [-0.15, -0.1) is 11.8 Å². The maximum Gasteiger partial charge on any atom is 0.128 e. The minimum absolute atomic E-state index is 0.0687. The molecule has 3 saturated heterocycles. The number of aliphatic hydroxyl groups is 2. The summed E-state index contributed by atoms with van der Waals surface area (Å²) in [5.74, 6) is 1.29. The van der Waals surface area contributed by atoms with E-state index in [1.165, 1.54) is 19.3 Å². The highest BCUT2D eigenvalue weighted by molar-refractivity contribution is 8.00. The molecule has 0 bridgehead atoms. The van der Waals surface area contributed by atoms with Gasteiger partial charge in [-0.25, -0.2) is 0 Å². The lowest BCUT2D eigenvalue weighted by Crippen LogP contribution is -2.58. The highest BCUT2D eigenvalue weighted by atomic mass is 32.2. The van der Waals surface area contributed by atoms with Gasteiger partial charge in [-0.05, 0) is 56.8 Å². The fourth-order valence-electron chi connectivity index (χ4n) is 6.77. The topological polar surface area (TPSA) is 112 Å². The largest absolute Gasteiger partial charge is 0.389 e. The van der Waals surface area contributed by atoms with Crippen LogP contribution in [0.2, 0.25) is 0 Å². The number of hydrogen-bond acceptors (Lipinski definition) is 9. The Labute approximate surface area is 190 Å². The van der Waals surface area contributed by atoms with Gasteiger partial charge in [0.25, 0.3) is 0 Å². The van der Waals surface area contributed by atoms with Crippen LogP contribution in [-0.2, 0) is 9.47 Å². The molecule has 5 aliphatic rings. The van der Waals surface area contributed by atoms with Crippen molar-refractivity contribution in [2.75, 3.05) is 33.0 Å². The van der Waals surface area contributed by atoms with E-state index in [0.29, 0.717) is 46.9 Å². The third-order valence-electron chi connectivity index (χ3n) is 8.35. The molecule has 0 amide bonds. The molecule has 0 spiro atoms. The minimum atomic E-state index is -1.15. The summed E-state index contributed by atoms with van der Waals surface area (Å²) in [6.45, 7) is 4.67. The number of fused-ring (bicyclic) bond motifs is 3. The van der Waals surface area contributed by atoms with Gasteiger partial charge in [0.2, 0.25) is 0 Å². The summed E-state index contributed by atoms with van der Waals surface area (Å²) >= 11 is 2.06. The summed E-state index contributed by atoms with van der Waals surface area (Å²) in [6.07, 6.45) is 5.97. The molecule has 0 radical (unpaired) electrons. The van der Waals surface area contributed by atoms with Crippen LogP contribution in [-0.4, -0.2) is 89.4 Å². The van der Waals surface area contributed by atoms with E-state index in [9.17, 15) is 10.2 Å². The summed E-state index contributed by atoms with van der Waals surface area (Å²) in [5, 5.41) is 28.1. The van der Waals surface area contributed by atoms with Crippen LogP contribution in [0.1, 0.15) is 44.9 Å². The lowest BCUT2D eigenvalue weighted by atomic mass is 9.79. The molecular weight excluding hydrogens is 416 g/mol. The highest BCUT2D eigenvalue weighted by Crippen LogP contribution is 2.56. The van der Waals surface area contributed by atoms with Gasteiger partial charge in [0.05, 0.1) is 30.8 Å². The van der Waals surface area contributed by atoms with Crippen LogP contribution >= 0.6 is 11.8 Å². The number of nitrogens with one attached hydrogen (secondary N) is 2. The number of nitrogens with zero attached hydrogens (tertiary/aromatic N) is 1. The Bertz CT molecular complexity index is 588. The number of nitrogens with two attached hydrogens (primary N) is 1. The smallest absolute Gasteiger partial charge is 0.128 e. The Kier molecular flexibility index (Phi) is 7.44. The van der Waals surface area contributed by atoms with Crippen LogP contribution < -0.4 is 16.4 Å². The number of aliphatic hydroxyl groups excluding tert-OH is 2. The second kappa shape index (κ2) is 10.1. The van der Waals surface area contributed by atoms with Crippen molar-refractivity contribution in [2.24, 2.45) is 23.5 Å². The average molecular weight is 457 g/mol. The Balaban J connectivity index is 1.19. The van der Waals surface area contributed by atoms with Crippen molar-refractivity contribution in [3.05, 3.63) is 0 Å². The van der Waals surface area contributed by atoms with Crippen molar-refractivity contribution in [2.45, 2.75) is 86.3 Å². The van der Waals surface area contributed by atoms with Gasteiger partial charge in [0.15, 0.2) is 0 Å². The summed E-state index contributed by atoms with van der Waals surface area (Å²) in [5.41, 5.74) is 5.54. The van der Waals surface area contributed by atoms with E-state index in [2.05, 4.69) is 27.3 Å². The molecule has 0 aromatic carbocycles.